The molecule has 0 aromatic heterocycles. The van der Waals surface area contributed by atoms with Crippen molar-refractivity contribution < 1.29 is 18.7 Å². The lowest BCUT2D eigenvalue weighted by Gasteiger charge is -2.15. The zero-order valence-electron chi connectivity index (χ0n) is 11.8. The van der Waals surface area contributed by atoms with E-state index in [0.717, 1.165) is 0 Å². The first-order valence-electron chi connectivity index (χ1n) is 6.65. The average molecular weight is 295 g/mol. The Kier molecular flexibility index (Phi) is 4.62. The predicted molar refractivity (Wildman–Crippen MR) is 74.4 cm³/mol. The van der Waals surface area contributed by atoms with Crippen LogP contribution < -0.4 is 15.8 Å². The number of likely N-dealkylation sites (tertiary alicyclic amines) is 1. The van der Waals surface area contributed by atoms with Crippen molar-refractivity contribution in [1.29, 1.82) is 0 Å². The molecule has 1 atom stereocenters. The maximum atomic E-state index is 13.2. The number of nitrogens with two attached hydrogens (primary N) is 1. The average Bonchev–Trinajstić information content (AvgIpc) is 2.87. The molecular weight excluding hydrogens is 277 g/mol. The molecule has 114 valence electrons. The second-order valence-electron chi connectivity index (χ2n) is 4.97. The number of hydrogen-bond acceptors (Lipinski definition) is 3. The summed E-state index contributed by atoms with van der Waals surface area (Å²) in [5.41, 5.74) is 5.67. The van der Waals surface area contributed by atoms with Gasteiger partial charge in [0.1, 0.15) is 11.6 Å². The van der Waals surface area contributed by atoms with Gasteiger partial charge in [-0.2, -0.15) is 0 Å². The first-order valence-corrected chi connectivity index (χ1v) is 6.65. The van der Waals surface area contributed by atoms with Gasteiger partial charge in [-0.3, -0.25) is 4.79 Å². The van der Waals surface area contributed by atoms with Crippen molar-refractivity contribution in [1.82, 2.24) is 10.2 Å². The molecule has 2 rings (SSSR count). The molecule has 0 radical (unpaired) electrons. The predicted octanol–water partition coefficient (Wildman–Crippen LogP) is 0.646. The number of carbonyl (C=O) groups excluding carboxylic acids is 2. The van der Waals surface area contributed by atoms with Gasteiger partial charge in [-0.05, 0) is 24.6 Å². The van der Waals surface area contributed by atoms with Gasteiger partial charge < -0.3 is 20.7 Å². The molecule has 1 saturated heterocycles. The highest BCUT2D eigenvalue weighted by molar-refractivity contribution is 5.80. The smallest absolute Gasteiger partial charge is 0.314 e. The topological polar surface area (TPSA) is 84.7 Å². The zero-order valence-corrected chi connectivity index (χ0v) is 11.8. The maximum absolute atomic E-state index is 13.2. The van der Waals surface area contributed by atoms with Gasteiger partial charge in [0.05, 0.1) is 13.5 Å². The standard InChI is InChI=1S/C14H18FN3O3/c1-21-12-3-2-10(15)6-9(12)7-13(19)17-11-4-5-18(8-11)14(16)20/h2-3,6,11H,4-5,7-8H2,1H3,(H2,16,20)(H,17,19). The number of ether oxygens (including phenoxy) is 1. The van der Waals surface area contributed by atoms with Gasteiger partial charge in [0.2, 0.25) is 5.91 Å². The fourth-order valence-corrected chi connectivity index (χ4v) is 2.42. The highest BCUT2D eigenvalue weighted by Gasteiger charge is 2.26. The second-order valence-corrected chi connectivity index (χ2v) is 4.97. The van der Waals surface area contributed by atoms with Crippen LogP contribution in [0.2, 0.25) is 0 Å². The van der Waals surface area contributed by atoms with Crippen LogP contribution in [0.3, 0.4) is 0 Å². The number of urea groups is 1. The van der Waals surface area contributed by atoms with Crippen molar-refractivity contribution in [3.63, 3.8) is 0 Å². The molecule has 7 heteroatoms. The summed E-state index contributed by atoms with van der Waals surface area (Å²) in [7, 11) is 1.47. The van der Waals surface area contributed by atoms with Crippen LogP contribution in [0.25, 0.3) is 0 Å². The third-order valence-electron chi connectivity index (χ3n) is 3.46. The summed E-state index contributed by atoms with van der Waals surface area (Å²) in [4.78, 5) is 24.5. The SMILES string of the molecule is COc1ccc(F)cc1CC(=O)NC1CCN(C(N)=O)C1. The summed E-state index contributed by atoms with van der Waals surface area (Å²) in [6.07, 6.45) is 0.684. The van der Waals surface area contributed by atoms with Gasteiger partial charge in [-0.15, -0.1) is 0 Å². The Morgan fingerprint density at radius 2 is 2.29 bits per heavy atom. The number of halogens is 1. The molecule has 3 N–H and O–H groups in total. The summed E-state index contributed by atoms with van der Waals surface area (Å²) in [5, 5.41) is 2.82. The third kappa shape index (κ3) is 3.84. The van der Waals surface area contributed by atoms with E-state index in [1.54, 1.807) is 0 Å². The molecule has 6 nitrogen and oxygen atoms in total. The minimum Gasteiger partial charge on any atom is -0.496 e. The fourth-order valence-electron chi connectivity index (χ4n) is 2.42. The summed E-state index contributed by atoms with van der Waals surface area (Å²) in [6, 6.07) is 3.44. The van der Waals surface area contributed by atoms with E-state index >= 15 is 0 Å². The first-order chi connectivity index (χ1) is 9.99. The molecule has 21 heavy (non-hydrogen) atoms. The largest absolute Gasteiger partial charge is 0.496 e. The number of benzene rings is 1. The number of rotatable bonds is 4. The number of primary amides is 1. The van der Waals surface area contributed by atoms with Crippen LogP contribution in [-0.2, 0) is 11.2 Å². The van der Waals surface area contributed by atoms with Gasteiger partial charge >= 0.3 is 6.03 Å². The number of methoxy groups -OCH3 is 1. The van der Waals surface area contributed by atoms with Crippen LogP contribution >= 0.6 is 0 Å². The van der Waals surface area contributed by atoms with Crippen molar-refractivity contribution in [2.75, 3.05) is 20.2 Å². The lowest BCUT2D eigenvalue weighted by atomic mass is 10.1. The molecule has 0 aliphatic carbocycles. The lowest BCUT2D eigenvalue weighted by molar-refractivity contribution is -0.121. The molecule has 1 aromatic rings. The van der Waals surface area contributed by atoms with Crippen LogP contribution in [0.4, 0.5) is 9.18 Å². The van der Waals surface area contributed by atoms with Gasteiger partial charge in [0.15, 0.2) is 0 Å². The minimum atomic E-state index is -0.487. The Hall–Kier alpha value is -2.31. The molecule has 1 heterocycles. The van der Waals surface area contributed by atoms with Crippen molar-refractivity contribution in [3.05, 3.63) is 29.6 Å². The maximum Gasteiger partial charge on any atom is 0.314 e. The van der Waals surface area contributed by atoms with Crippen molar-refractivity contribution in [3.8, 4) is 5.75 Å². The molecular formula is C14H18FN3O3. The summed E-state index contributed by atoms with van der Waals surface area (Å²) in [5.74, 6) is -0.189. The second kappa shape index (κ2) is 6.43. The van der Waals surface area contributed by atoms with E-state index in [2.05, 4.69) is 5.32 Å². The van der Waals surface area contributed by atoms with Crippen LogP contribution in [0.1, 0.15) is 12.0 Å². The summed E-state index contributed by atoms with van der Waals surface area (Å²) in [6.45, 7) is 0.935. The van der Waals surface area contributed by atoms with E-state index < -0.39 is 11.8 Å². The number of nitrogens with zero attached hydrogens (tertiary/aromatic N) is 1. The van der Waals surface area contributed by atoms with E-state index in [4.69, 9.17) is 10.5 Å². The van der Waals surface area contributed by atoms with E-state index in [1.807, 2.05) is 0 Å². The molecule has 1 aliphatic rings. The Labute approximate surface area is 122 Å². The molecule has 1 unspecified atom stereocenters. The van der Waals surface area contributed by atoms with Crippen molar-refractivity contribution in [2.45, 2.75) is 18.9 Å². The lowest BCUT2D eigenvalue weighted by Crippen LogP contribution is -2.40. The van der Waals surface area contributed by atoms with Gasteiger partial charge in [-0.1, -0.05) is 0 Å². The summed E-state index contributed by atoms with van der Waals surface area (Å²) < 4.78 is 18.3. The van der Waals surface area contributed by atoms with E-state index in [1.165, 1.54) is 30.2 Å². The van der Waals surface area contributed by atoms with Crippen molar-refractivity contribution in [2.24, 2.45) is 5.73 Å². The quantitative estimate of drug-likeness (QED) is 0.855. The Morgan fingerprint density at radius 3 is 2.90 bits per heavy atom. The minimum absolute atomic E-state index is 0.0218. The fraction of sp³-hybridized carbons (Fsp3) is 0.429. The van der Waals surface area contributed by atoms with Crippen LogP contribution in [0, 0.1) is 5.82 Å². The normalized spacial score (nSPS) is 17.6. The van der Waals surface area contributed by atoms with Gasteiger partial charge in [0.25, 0.3) is 0 Å². The molecule has 3 amide bonds. The Morgan fingerprint density at radius 1 is 1.52 bits per heavy atom. The van der Waals surface area contributed by atoms with E-state index in [9.17, 15) is 14.0 Å². The van der Waals surface area contributed by atoms with E-state index in [-0.39, 0.29) is 18.4 Å². The Balaban J connectivity index is 1.93. The molecule has 1 aliphatic heterocycles. The molecule has 1 aromatic carbocycles. The first kappa shape index (κ1) is 15.1. The number of nitrogens with one attached hydrogen (secondary N) is 1. The molecule has 1 fully saturated rings. The number of amides is 3. The van der Waals surface area contributed by atoms with Crippen LogP contribution in [-0.4, -0.2) is 43.1 Å². The molecule has 0 bridgehead atoms. The monoisotopic (exact) mass is 295 g/mol. The Bertz CT molecular complexity index is 550. The highest BCUT2D eigenvalue weighted by Crippen LogP contribution is 2.20. The van der Waals surface area contributed by atoms with Gasteiger partial charge in [0, 0.05) is 24.7 Å². The number of carbonyl (C=O) groups is 2. The van der Waals surface area contributed by atoms with Crippen molar-refractivity contribution >= 4 is 11.9 Å². The molecule has 0 saturated carbocycles. The highest BCUT2D eigenvalue weighted by atomic mass is 19.1. The summed E-state index contributed by atoms with van der Waals surface area (Å²) >= 11 is 0. The van der Waals surface area contributed by atoms with Gasteiger partial charge in [-0.25, -0.2) is 9.18 Å². The zero-order chi connectivity index (χ0) is 15.4. The molecule has 0 spiro atoms. The van der Waals surface area contributed by atoms with E-state index in [0.29, 0.717) is 30.8 Å². The third-order valence-corrected chi connectivity index (χ3v) is 3.46. The van der Waals surface area contributed by atoms with Crippen LogP contribution in [0.15, 0.2) is 18.2 Å². The van der Waals surface area contributed by atoms with Crippen LogP contribution in [0.5, 0.6) is 5.75 Å². The number of hydrogen-bond donors (Lipinski definition) is 2.